The molecular weight excluding hydrogens is 1610 g/mol. The van der Waals surface area contributed by atoms with E-state index in [4.69, 9.17) is 15.3 Å². The molecule has 1 unspecified atom stereocenters. The van der Waals surface area contributed by atoms with E-state index >= 15 is 0 Å². The normalized spacial score (nSPS) is 25.6. The van der Waals surface area contributed by atoms with Crippen LogP contribution in [0.4, 0.5) is 11.4 Å². The van der Waals surface area contributed by atoms with Gasteiger partial charge < -0.3 is 58.6 Å². The van der Waals surface area contributed by atoms with Crippen LogP contribution in [0.5, 0.6) is 0 Å². The first kappa shape index (κ1) is 102. The lowest BCUT2D eigenvalue weighted by atomic mass is 9.34. The molecular formula is C101H160N16O11. The van der Waals surface area contributed by atoms with Crippen LogP contribution in [0.1, 0.15) is 234 Å². The smallest absolute Gasteiger partial charge is 0.311 e. The number of hydrogen-bond donors (Lipinski definition) is 0. The minimum atomic E-state index is -0.382. The van der Waals surface area contributed by atoms with E-state index in [9.17, 15) is 47.9 Å². The number of hydrogen-bond acceptors (Lipinski definition) is 18. The number of carbonyl (C=O) groups is 10. The molecule has 9 amide bonds. The van der Waals surface area contributed by atoms with Gasteiger partial charge in [0.15, 0.2) is 0 Å². The number of methoxy groups -OCH3 is 1. The maximum atomic E-state index is 12.7. The van der Waals surface area contributed by atoms with Crippen LogP contribution >= 0.6 is 0 Å². The van der Waals surface area contributed by atoms with E-state index in [2.05, 4.69) is 65.8 Å². The highest BCUT2D eigenvalue weighted by Crippen LogP contribution is 2.75. The molecule has 8 saturated carbocycles. The van der Waals surface area contributed by atoms with Crippen LogP contribution in [0.25, 0.3) is 0 Å². The first-order valence-corrected chi connectivity index (χ1v) is 48.1. The van der Waals surface area contributed by atoms with Crippen LogP contribution in [0.2, 0.25) is 0 Å². The molecule has 2 aromatic carbocycles. The Kier molecular flexibility index (Phi) is 32.4. The van der Waals surface area contributed by atoms with E-state index in [0.717, 1.165) is 161 Å². The lowest BCUT2D eigenvalue weighted by Crippen LogP contribution is -2.72. The van der Waals surface area contributed by atoms with Crippen LogP contribution in [-0.2, 0) is 52.7 Å². The standard InChI is InChI=1S/C17H26N2O4.C16H23N3O2.C16H21N3O.C15H22N2O.C13H24N2O.2C12H22N2O/c1-15(2,3)12(20)18-5-7-19(8-6-18)13(21)16-9-17(10-16,11-16)14(22)23-4;1-14(2,3)12(20)18-4-6-19(7-5-18)13(21)16-8-15(9-16,10-16)11-17;1-16(2,3)15(20)19-10-8-18(9-11-19)14-6-4-13(12-17)5-7-14;1-15(2,3)14(18)17-11-9-16(10-12-17)13-7-5-4-6-8-13;1-13(2,3)12(16)15-9-7-14(8-10-15)11-5-4-6-11;1-12(2,3)11(15)14-8-6-13(7-9-14)10-4-5-10;1-12(2,3)11(15)14-8-7-13-6-4-5-10(13)9-14/h5-11H2,1-4H3;4-10H2,1-3H3;4-7H,8-11H2,1-3H3;4-8H,9-12H2,1-3H3;11H,4-10H2,1-3H3;2*10H,4-9H2,1-3H3. The Morgan fingerprint density at radius 1 is 0.305 bits per heavy atom. The number of esters is 1. The third-order valence-electron chi connectivity index (χ3n) is 28.4. The summed E-state index contributed by atoms with van der Waals surface area (Å²) in [4.78, 5) is 152. The molecule has 4 bridgehead atoms. The zero-order chi connectivity index (χ0) is 94.3. The van der Waals surface area contributed by atoms with Gasteiger partial charge in [0.2, 0.25) is 53.2 Å². The number of fused-ring (bicyclic) bond motifs is 1. The molecule has 1 atom stereocenters. The van der Waals surface area contributed by atoms with E-state index in [-0.39, 0.29) is 101 Å². The van der Waals surface area contributed by atoms with E-state index in [0.29, 0.717) is 101 Å². The molecule has 2 aromatic rings. The molecule has 27 nitrogen and oxygen atoms in total. The van der Waals surface area contributed by atoms with Gasteiger partial charge in [-0.15, -0.1) is 0 Å². The van der Waals surface area contributed by atoms with Crippen molar-refractivity contribution in [2.24, 2.45) is 59.6 Å². The van der Waals surface area contributed by atoms with E-state index < -0.39 is 0 Å². The minimum absolute atomic E-state index is 0.139. The molecule has 0 spiro atoms. The highest BCUT2D eigenvalue weighted by Gasteiger charge is 2.76. The van der Waals surface area contributed by atoms with Gasteiger partial charge in [-0.1, -0.05) is 170 Å². The van der Waals surface area contributed by atoms with Gasteiger partial charge in [-0.2, -0.15) is 10.5 Å². The topological polar surface area (TPSA) is 273 Å². The van der Waals surface area contributed by atoms with Crippen LogP contribution < -0.4 is 9.80 Å². The second-order valence-corrected chi connectivity index (χ2v) is 46.3. The maximum absolute atomic E-state index is 12.7. The molecule has 8 saturated heterocycles. The van der Waals surface area contributed by atoms with Crippen molar-refractivity contribution in [2.75, 3.05) is 200 Å². The van der Waals surface area contributed by atoms with E-state index in [1.54, 1.807) is 0 Å². The largest absolute Gasteiger partial charge is 0.469 e. The van der Waals surface area contributed by atoms with Crippen molar-refractivity contribution < 1.29 is 52.7 Å². The van der Waals surface area contributed by atoms with Gasteiger partial charge in [-0.25, -0.2) is 0 Å². The Hall–Kier alpha value is -8.40. The number of nitrogens with zero attached hydrogens (tertiary/aromatic N) is 16. The van der Waals surface area contributed by atoms with Crippen LogP contribution in [0.15, 0.2) is 54.6 Å². The average molecular weight is 1770 g/mol. The number of ether oxygens (including phenoxy) is 1. The summed E-state index contributed by atoms with van der Waals surface area (Å²) in [5.41, 5.74) is -0.0639. The van der Waals surface area contributed by atoms with E-state index in [1.165, 1.54) is 64.3 Å². The molecule has 0 radical (unpaired) electrons. The Morgan fingerprint density at radius 2 is 0.578 bits per heavy atom. The quantitative estimate of drug-likeness (QED) is 0.233. The van der Waals surface area contributed by atoms with Gasteiger partial charge in [0, 0.05) is 244 Å². The monoisotopic (exact) mass is 1770 g/mol. The number of nitriles is 2. The summed E-state index contributed by atoms with van der Waals surface area (Å²) < 4.78 is 4.83. The fraction of sp³-hybridized carbons (Fsp3) is 0.762. The first-order valence-electron chi connectivity index (χ1n) is 48.1. The molecule has 8 aliphatic heterocycles. The van der Waals surface area contributed by atoms with Crippen LogP contribution in [0, 0.1) is 82.2 Å². The number of benzene rings is 2. The number of piperazine rings is 7. The second-order valence-electron chi connectivity index (χ2n) is 46.3. The van der Waals surface area contributed by atoms with Crippen LogP contribution in [-0.4, -0.2) is 326 Å². The summed E-state index contributed by atoms with van der Waals surface area (Å²) in [5.74, 6) is 1.89. The molecule has 16 fully saturated rings. The maximum Gasteiger partial charge on any atom is 0.311 e. The van der Waals surface area contributed by atoms with Gasteiger partial charge >= 0.3 is 5.97 Å². The highest BCUT2D eigenvalue weighted by atomic mass is 16.5. The lowest BCUT2D eigenvalue weighted by Gasteiger charge is -2.67. The minimum Gasteiger partial charge on any atom is -0.469 e. The predicted octanol–water partition coefficient (Wildman–Crippen LogP) is 11.5. The Balaban J connectivity index is 0.000000156. The van der Waals surface area contributed by atoms with Crippen molar-refractivity contribution in [1.82, 2.24) is 58.8 Å². The van der Waals surface area contributed by atoms with Crippen molar-refractivity contribution in [2.45, 2.75) is 247 Å². The molecule has 128 heavy (non-hydrogen) atoms. The molecule has 710 valence electrons. The summed E-state index contributed by atoms with van der Waals surface area (Å²) in [6.45, 7) is 65.2. The first-order chi connectivity index (χ1) is 59.7. The highest BCUT2D eigenvalue weighted by molar-refractivity contribution is 5.94. The fourth-order valence-corrected chi connectivity index (χ4v) is 20.5. The number of anilines is 2. The second kappa shape index (κ2) is 40.8. The molecule has 0 aromatic heterocycles. The third kappa shape index (κ3) is 25.1. The Bertz CT molecular complexity index is 4220. The SMILES string of the molecule is CC(C)(C)C(=O)N1CCN(C(=O)C23CC(C#N)(C2)C3)CC1.CC(C)(C)C(=O)N1CCN(C2CC2)CC1.CC(C)(C)C(=O)N1CCN(C2CCC2)CC1.CC(C)(C)C(=O)N1CCN(c2ccc(C#N)cc2)CC1.CC(C)(C)C(=O)N1CCN(c2ccccc2)CC1.CC(C)(C)C(=O)N1CCN2CCCC2C1.COC(=O)C12CC(C(=O)N3CCN(C(=O)C(C)(C)C)CC3)(C1)C2. The van der Waals surface area contributed by atoms with Gasteiger partial charge in [-0.05, 0) is 120 Å². The molecule has 18 rings (SSSR count). The van der Waals surface area contributed by atoms with Crippen molar-refractivity contribution in [3.8, 4) is 12.1 Å². The fourth-order valence-electron chi connectivity index (χ4n) is 20.5. The van der Waals surface area contributed by atoms with Crippen molar-refractivity contribution >= 4 is 70.5 Å². The van der Waals surface area contributed by atoms with Gasteiger partial charge in [0.05, 0.1) is 46.5 Å². The number of carbonyl (C=O) groups excluding carboxylic acids is 10. The number of amides is 9. The molecule has 27 heteroatoms. The Labute approximate surface area is 767 Å². The van der Waals surface area contributed by atoms with Crippen LogP contribution in [0.3, 0.4) is 0 Å². The van der Waals surface area contributed by atoms with Crippen molar-refractivity contribution in [3.63, 3.8) is 0 Å². The number of rotatable bonds is 7. The summed E-state index contributed by atoms with van der Waals surface area (Å²) >= 11 is 0. The van der Waals surface area contributed by atoms with Crippen molar-refractivity contribution in [3.05, 3.63) is 60.2 Å². The summed E-state index contributed by atoms with van der Waals surface area (Å²) in [6.07, 6.45) is 13.6. The van der Waals surface area contributed by atoms with Gasteiger partial charge in [0.25, 0.3) is 0 Å². The van der Waals surface area contributed by atoms with E-state index in [1.807, 2.05) is 215 Å². The lowest BCUT2D eigenvalue weighted by molar-refractivity contribution is -0.229. The summed E-state index contributed by atoms with van der Waals surface area (Å²) in [5, 5.41) is 17.8. The molecule has 16 aliphatic rings. The Morgan fingerprint density at radius 3 is 0.875 bits per heavy atom. The molecule has 8 aliphatic carbocycles. The van der Waals surface area contributed by atoms with Crippen molar-refractivity contribution in [1.29, 1.82) is 10.5 Å². The zero-order valence-corrected chi connectivity index (χ0v) is 82.6. The molecule has 8 heterocycles. The summed E-state index contributed by atoms with van der Waals surface area (Å²) in [7, 11) is 1.41. The zero-order valence-electron chi connectivity index (χ0n) is 82.6. The van der Waals surface area contributed by atoms with Gasteiger partial charge in [-0.3, -0.25) is 62.6 Å². The summed E-state index contributed by atoms with van der Waals surface area (Å²) in [6, 6.07) is 24.8. The predicted molar refractivity (Wildman–Crippen MR) is 501 cm³/mol. The number of para-hydroxylation sites is 1. The molecule has 0 N–H and O–H groups in total. The van der Waals surface area contributed by atoms with Gasteiger partial charge in [0.1, 0.15) is 0 Å². The third-order valence-corrected chi connectivity index (χ3v) is 28.4. The average Bonchev–Trinajstić information content (AvgIpc) is 0.981.